The molecular weight excluding hydrogens is 374 g/mol. The number of carbonyl (C=O) groups is 3. The predicted molar refractivity (Wildman–Crippen MR) is 98.7 cm³/mol. The minimum absolute atomic E-state index is 0.0713. The molecule has 1 aromatic carbocycles. The van der Waals surface area contributed by atoms with E-state index in [2.05, 4.69) is 24.5 Å². The van der Waals surface area contributed by atoms with Gasteiger partial charge < -0.3 is 15.0 Å². The zero-order chi connectivity index (χ0) is 20.3. The highest BCUT2D eigenvalue weighted by atomic mass is 32.1. The second-order valence-corrected chi connectivity index (χ2v) is 6.65. The lowest BCUT2D eigenvalue weighted by Crippen LogP contribution is -2.72. The van der Waals surface area contributed by atoms with Crippen molar-refractivity contribution in [2.24, 2.45) is 0 Å². The van der Waals surface area contributed by atoms with E-state index in [4.69, 9.17) is 4.74 Å². The number of β-lactam (4-membered cyclic amide) rings is 1. The monoisotopic (exact) mass is 393 g/mol. The van der Waals surface area contributed by atoms with E-state index in [1.807, 2.05) is 0 Å². The van der Waals surface area contributed by atoms with Crippen LogP contribution in [-0.2, 0) is 25.7 Å². The molecule has 1 aromatic rings. The molecule has 1 aliphatic rings. The van der Waals surface area contributed by atoms with E-state index in [0.29, 0.717) is 11.1 Å². The third-order valence-electron chi connectivity index (χ3n) is 3.96. The van der Waals surface area contributed by atoms with Gasteiger partial charge in [-0.25, -0.2) is 4.79 Å². The molecule has 10 heteroatoms. The van der Waals surface area contributed by atoms with Gasteiger partial charge in [0, 0.05) is 19.1 Å². The number of benzene rings is 1. The van der Waals surface area contributed by atoms with Crippen LogP contribution in [-0.4, -0.2) is 45.1 Å². The smallest absolute Gasteiger partial charge is 0.333 e. The summed E-state index contributed by atoms with van der Waals surface area (Å²) in [6.07, 6.45) is 0. The summed E-state index contributed by atoms with van der Waals surface area (Å²) in [5.41, 5.74) is 0.873. The van der Waals surface area contributed by atoms with E-state index in [-0.39, 0.29) is 18.2 Å². The van der Waals surface area contributed by atoms with Gasteiger partial charge in [0.25, 0.3) is 5.69 Å². The number of hydrogen-bond acceptors (Lipinski definition) is 7. The summed E-state index contributed by atoms with van der Waals surface area (Å²) >= 11 is 4.28. The van der Waals surface area contributed by atoms with Crippen LogP contribution in [0.15, 0.2) is 36.4 Å². The molecule has 3 atom stereocenters. The molecule has 27 heavy (non-hydrogen) atoms. The number of nitro groups is 1. The number of non-ortho nitro benzene ring substituents is 1. The van der Waals surface area contributed by atoms with Crippen molar-refractivity contribution in [1.29, 1.82) is 0 Å². The summed E-state index contributed by atoms with van der Waals surface area (Å²) < 4.78 is 5.24. The summed E-state index contributed by atoms with van der Waals surface area (Å²) in [5.74, 6) is -1.53. The Morgan fingerprint density at radius 3 is 2.41 bits per heavy atom. The molecule has 1 aliphatic heterocycles. The van der Waals surface area contributed by atoms with Gasteiger partial charge in [0.1, 0.15) is 18.0 Å². The number of nitro benzene ring substituents is 1. The Morgan fingerprint density at radius 2 is 1.96 bits per heavy atom. The molecule has 0 aliphatic carbocycles. The van der Waals surface area contributed by atoms with Crippen LogP contribution >= 0.6 is 12.6 Å². The van der Waals surface area contributed by atoms with Crippen molar-refractivity contribution < 1.29 is 24.0 Å². The maximum absolute atomic E-state index is 12.5. The summed E-state index contributed by atoms with van der Waals surface area (Å²) in [6.45, 7) is 6.48. The highest BCUT2D eigenvalue weighted by Gasteiger charge is 2.51. The predicted octanol–water partition coefficient (Wildman–Crippen LogP) is 1.19. The van der Waals surface area contributed by atoms with Gasteiger partial charge in [-0.15, -0.1) is 0 Å². The van der Waals surface area contributed by atoms with Crippen molar-refractivity contribution in [2.45, 2.75) is 37.9 Å². The Bertz CT molecular complexity index is 794. The van der Waals surface area contributed by atoms with Gasteiger partial charge in [-0.05, 0) is 30.2 Å². The van der Waals surface area contributed by atoms with Gasteiger partial charge in [0.05, 0.1) is 4.92 Å². The molecule has 3 unspecified atom stereocenters. The van der Waals surface area contributed by atoms with E-state index >= 15 is 0 Å². The number of hydrogen-bond donors (Lipinski definition) is 2. The topological polar surface area (TPSA) is 119 Å². The zero-order valence-corrected chi connectivity index (χ0v) is 15.6. The van der Waals surface area contributed by atoms with Gasteiger partial charge in [0.15, 0.2) is 6.04 Å². The average molecular weight is 393 g/mol. The van der Waals surface area contributed by atoms with Crippen LogP contribution in [0.3, 0.4) is 0 Å². The van der Waals surface area contributed by atoms with Gasteiger partial charge >= 0.3 is 5.97 Å². The first-order chi connectivity index (χ1) is 12.6. The zero-order valence-electron chi connectivity index (χ0n) is 14.7. The molecule has 0 radical (unpaired) electrons. The van der Waals surface area contributed by atoms with E-state index in [0.717, 1.165) is 0 Å². The molecule has 1 fully saturated rings. The number of thiol groups is 1. The van der Waals surface area contributed by atoms with E-state index in [1.54, 1.807) is 6.92 Å². The van der Waals surface area contributed by atoms with Crippen LogP contribution in [0.25, 0.3) is 0 Å². The first kappa shape index (κ1) is 20.4. The number of nitrogens with one attached hydrogen (secondary N) is 1. The maximum atomic E-state index is 12.5. The van der Waals surface area contributed by atoms with Crippen molar-refractivity contribution in [2.75, 3.05) is 0 Å². The van der Waals surface area contributed by atoms with Crippen molar-refractivity contribution >= 4 is 36.1 Å². The standard InChI is InChI=1S/C17H19N3O6S/c1-9(2)14(19-15(22)13(16(19)27)18-10(3)21)17(23)26-8-11-4-6-12(7-5-11)20(24)25/h4-7,13-14,16,27H,1,8H2,2-3H3,(H,18,21). The van der Waals surface area contributed by atoms with Crippen LogP contribution in [0.1, 0.15) is 19.4 Å². The van der Waals surface area contributed by atoms with Gasteiger partial charge in [-0.1, -0.05) is 6.58 Å². The molecule has 0 aromatic heterocycles. The average Bonchev–Trinajstić information content (AvgIpc) is 2.61. The van der Waals surface area contributed by atoms with Crippen LogP contribution in [0.4, 0.5) is 5.69 Å². The van der Waals surface area contributed by atoms with E-state index < -0.39 is 34.3 Å². The van der Waals surface area contributed by atoms with Gasteiger partial charge in [0.2, 0.25) is 11.8 Å². The van der Waals surface area contributed by atoms with Crippen LogP contribution in [0, 0.1) is 10.1 Å². The van der Waals surface area contributed by atoms with Crippen molar-refractivity contribution in [3.8, 4) is 0 Å². The lowest BCUT2D eigenvalue weighted by atomic mass is 9.99. The fraction of sp³-hybridized carbons (Fsp3) is 0.353. The first-order valence-electron chi connectivity index (χ1n) is 7.96. The third kappa shape index (κ3) is 4.45. The molecule has 0 spiro atoms. The largest absolute Gasteiger partial charge is 0.459 e. The van der Waals surface area contributed by atoms with Crippen LogP contribution in [0.5, 0.6) is 0 Å². The second-order valence-electron chi connectivity index (χ2n) is 6.12. The Morgan fingerprint density at radius 1 is 1.37 bits per heavy atom. The van der Waals surface area contributed by atoms with Crippen molar-refractivity contribution in [3.63, 3.8) is 0 Å². The fourth-order valence-electron chi connectivity index (χ4n) is 2.63. The third-order valence-corrected chi connectivity index (χ3v) is 4.51. The molecule has 0 bridgehead atoms. The molecule has 9 nitrogen and oxygen atoms in total. The second kappa shape index (κ2) is 8.21. The highest BCUT2D eigenvalue weighted by molar-refractivity contribution is 7.81. The lowest BCUT2D eigenvalue weighted by molar-refractivity contribution is -0.384. The van der Waals surface area contributed by atoms with Crippen molar-refractivity contribution in [3.05, 3.63) is 52.1 Å². The molecule has 1 saturated heterocycles. The van der Waals surface area contributed by atoms with Gasteiger partial charge in [-0.3, -0.25) is 19.7 Å². The lowest BCUT2D eigenvalue weighted by Gasteiger charge is -2.47. The number of rotatable bonds is 7. The van der Waals surface area contributed by atoms with Crippen molar-refractivity contribution in [1.82, 2.24) is 10.2 Å². The summed E-state index contributed by atoms with van der Waals surface area (Å²) in [5, 5.41) is 12.4. The first-order valence-corrected chi connectivity index (χ1v) is 8.48. The Balaban J connectivity index is 2.03. The quantitative estimate of drug-likeness (QED) is 0.179. The summed E-state index contributed by atoms with van der Waals surface area (Å²) in [4.78, 5) is 47.2. The number of likely N-dealkylation sites (tertiary alicyclic amines) is 1. The highest BCUT2D eigenvalue weighted by Crippen LogP contribution is 2.29. The van der Waals surface area contributed by atoms with E-state index in [1.165, 1.54) is 36.1 Å². The SMILES string of the molecule is C=C(C)C(C(=O)OCc1ccc([N+](=O)[O-])cc1)N1C(=O)C(NC(C)=O)C1S. The summed E-state index contributed by atoms with van der Waals surface area (Å²) in [7, 11) is 0. The van der Waals surface area contributed by atoms with Crippen LogP contribution in [0.2, 0.25) is 0 Å². The molecular formula is C17H19N3O6S. The minimum atomic E-state index is -1.04. The number of ether oxygens (including phenoxy) is 1. The Hall–Kier alpha value is -2.88. The molecule has 144 valence electrons. The van der Waals surface area contributed by atoms with Crippen LogP contribution < -0.4 is 5.32 Å². The fourth-order valence-corrected chi connectivity index (χ4v) is 3.08. The Kier molecular flexibility index (Phi) is 6.21. The number of esters is 1. The molecule has 2 rings (SSSR count). The minimum Gasteiger partial charge on any atom is -0.459 e. The normalized spacial score (nSPS) is 19.7. The molecule has 1 heterocycles. The molecule has 1 N–H and O–H groups in total. The Labute approximate surface area is 160 Å². The number of carbonyl (C=O) groups excluding carboxylic acids is 3. The number of nitrogens with zero attached hydrogens (tertiary/aromatic N) is 2. The molecule has 0 saturated carbocycles. The summed E-state index contributed by atoms with van der Waals surface area (Å²) in [6, 6.07) is 3.72. The maximum Gasteiger partial charge on any atom is 0.333 e. The van der Waals surface area contributed by atoms with Gasteiger partial charge in [-0.2, -0.15) is 12.6 Å². The molecule has 2 amide bonds. The van der Waals surface area contributed by atoms with E-state index in [9.17, 15) is 24.5 Å². The number of amides is 2.